The summed E-state index contributed by atoms with van der Waals surface area (Å²) in [5, 5.41) is 3.21. The van der Waals surface area contributed by atoms with Crippen LogP contribution in [0.25, 0.3) is 0 Å². The minimum absolute atomic E-state index is 0.281. The molecule has 106 valence electrons. The Bertz CT molecular complexity index is 549. The molecule has 2 aromatic rings. The Balaban J connectivity index is 2.13. The van der Waals surface area contributed by atoms with Crippen LogP contribution in [-0.2, 0) is 0 Å². The second-order valence-corrected chi connectivity index (χ2v) is 5.26. The summed E-state index contributed by atoms with van der Waals surface area (Å²) in [5.41, 5.74) is 2.47. The Morgan fingerprint density at radius 2 is 1.70 bits per heavy atom. The van der Waals surface area contributed by atoms with Gasteiger partial charge >= 0.3 is 0 Å². The van der Waals surface area contributed by atoms with Crippen molar-refractivity contribution in [3.05, 3.63) is 53.7 Å². The van der Waals surface area contributed by atoms with Gasteiger partial charge < -0.3 is 10.1 Å². The Labute approximate surface area is 121 Å². The molecule has 0 bridgehead atoms. The molecule has 3 nitrogen and oxygen atoms in total. The molecule has 0 aliphatic heterocycles. The summed E-state index contributed by atoms with van der Waals surface area (Å²) >= 11 is 0. The number of pyridine rings is 1. The van der Waals surface area contributed by atoms with Crippen molar-refractivity contribution < 1.29 is 4.74 Å². The number of nitrogens with zero attached hydrogens (tertiary/aromatic N) is 1. The van der Waals surface area contributed by atoms with Crippen LogP contribution in [0.2, 0.25) is 0 Å². The first kappa shape index (κ1) is 14.5. The molecular formula is C17H22N2O. The van der Waals surface area contributed by atoms with Gasteiger partial charge in [0.2, 0.25) is 5.88 Å². The van der Waals surface area contributed by atoms with Gasteiger partial charge in [0.1, 0.15) is 5.75 Å². The van der Waals surface area contributed by atoms with E-state index in [1.807, 2.05) is 31.3 Å². The van der Waals surface area contributed by atoms with Crippen LogP contribution in [0, 0.1) is 0 Å². The molecule has 1 N–H and O–H groups in total. The zero-order valence-corrected chi connectivity index (χ0v) is 12.6. The lowest BCUT2D eigenvalue weighted by Gasteiger charge is -2.12. The fourth-order valence-electron chi connectivity index (χ4n) is 1.96. The van der Waals surface area contributed by atoms with E-state index in [0.29, 0.717) is 11.8 Å². The van der Waals surface area contributed by atoms with E-state index in [1.54, 1.807) is 6.20 Å². The van der Waals surface area contributed by atoms with Crippen molar-refractivity contribution in [2.24, 2.45) is 0 Å². The van der Waals surface area contributed by atoms with Gasteiger partial charge in [-0.15, -0.1) is 0 Å². The van der Waals surface area contributed by atoms with Crippen LogP contribution in [0.5, 0.6) is 11.6 Å². The SMILES string of the molecule is CNC(C)c1ccnc(Oc2ccc(C(C)C)cc2)c1. The molecular weight excluding hydrogens is 248 g/mol. The zero-order valence-electron chi connectivity index (χ0n) is 12.6. The minimum atomic E-state index is 0.281. The summed E-state index contributed by atoms with van der Waals surface area (Å²) in [7, 11) is 1.94. The molecule has 0 spiro atoms. The van der Waals surface area contributed by atoms with E-state index in [-0.39, 0.29) is 6.04 Å². The van der Waals surface area contributed by atoms with Gasteiger partial charge in [0.05, 0.1) is 0 Å². The summed E-state index contributed by atoms with van der Waals surface area (Å²) in [6.45, 7) is 6.47. The number of rotatable bonds is 5. The predicted molar refractivity (Wildman–Crippen MR) is 82.3 cm³/mol. The number of hydrogen-bond donors (Lipinski definition) is 1. The lowest BCUT2D eigenvalue weighted by atomic mass is 10.0. The van der Waals surface area contributed by atoms with Crippen molar-refractivity contribution in [2.45, 2.75) is 32.7 Å². The van der Waals surface area contributed by atoms with Crippen molar-refractivity contribution >= 4 is 0 Å². The molecule has 1 unspecified atom stereocenters. The first-order valence-electron chi connectivity index (χ1n) is 7.01. The van der Waals surface area contributed by atoms with E-state index in [2.05, 4.69) is 43.2 Å². The highest BCUT2D eigenvalue weighted by atomic mass is 16.5. The molecule has 1 atom stereocenters. The third-order valence-electron chi connectivity index (χ3n) is 3.46. The lowest BCUT2D eigenvalue weighted by Crippen LogP contribution is -2.12. The van der Waals surface area contributed by atoms with Gasteiger partial charge in [-0.05, 0) is 49.2 Å². The minimum Gasteiger partial charge on any atom is -0.439 e. The highest BCUT2D eigenvalue weighted by molar-refractivity contribution is 5.33. The monoisotopic (exact) mass is 270 g/mol. The first-order chi connectivity index (χ1) is 9.60. The Kier molecular flexibility index (Phi) is 4.74. The summed E-state index contributed by atoms with van der Waals surface area (Å²) < 4.78 is 5.81. The van der Waals surface area contributed by atoms with Crippen LogP contribution in [0.4, 0.5) is 0 Å². The highest BCUT2D eigenvalue weighted by Crippen LogP contribution is 2.24. The van der Waals surface area contributed by atoms with Crippen LogP contribution in [0.15, 0.2) is 42.6 Å². The molecule has 0 aliphatic carbocycles. The fourth-order valence-corrected chi connectivity index (χ4v) is 1.96. The smallest absolute Gasteiger partial charge is 0.219 e. The van der Waals surface area contributed by atoms with Crippen LogP contribution < -0.4 is 10.1 Å². The molecule has 1 heterocycles. The first-order valence-corrected chi connectivity index (χ1v) is 7.01. The molecule has 1 aromatic carbocycles. The van der Waals surface area contributed by atoms with Crippen LogP contribution >= 0.6 is 0 Å². The summed E-state index contributed by atoms with van der Waals surface area (Å²) in [6.07, 6.45) is 1.78. The van der Waals surface area contributed by atoms with Gasteiger partial charge in [0, 0.05) is 18.3 Å². The van der Waals surface area contributed by atoms with Crippen LogP contribution in [0.1, 0.15) is 43.9 Å². The number of benzene rings is 1. The summed E-state index contributed by atoms with van der Waals surface area (Å²) in [4.78, 5) is 4.26. The molecule has 20 heavy (non-hydrogen) atoms. The third-order valence-corrected chi connectivity index (χ3v) is 3.46. The topological polar surface area (TPSA) is 34.2 Å². The number of nitrogens with one attached hydrogen (secondary N) is 1. The van der Waals surface area contributed by atoms with E-state index >= 15 is 0 Å². The molecule has 0 fully saturated rings. The van der Waals surface area contributed by atoms with Gasteiger partial charge in [-0.1, -0.05) is 26.0 Å². The quantitative estimate of drug-likeness (QED) is 0.880. The fraction of sp³-hybridized carbons (Fsp3) is 0.353. The summed E-state index contributed by atoms with van der Waals surface area (Å²) in [6, 6.07) is 12.4. The average molecular weight is 270 g/mol. The van der Waals surface area contributed by atoms with Gasteiger partial charge in [0.25, 0.3) is 0 Å². The van der Waals surface area contributed by atoms with E-state index < -0.39 is 0 Å². The molecule has 2 rings (SSSR count). The second kappa shape index (κ2) is 6.53. The van der Waals surface area contributed by atoms with Gasteiger partial charge in [-0.3, -0.25) is 0 Å². The maximum atomic E-state index is 5.81. The Hall–Kier alpha value is -1.87. The lowest BCUT2D eigenvalue weighted by molar-refractivity contribution is 0.460. The number of ether oxygens (including phenoxy) is 1. The maximum absolute atomic E-state index is 5.81. The normalized spacial score (nSPS) is 12.4. The maximum Gasteiger partial charge on any atom is 0.219 e. The molecule has 0 radical (unpaired) electrons. The zero-order chi connectivity index (χ0) is 14.5. The van der Waals surface area contributed by atoms with Crippen molar-refractivity contribution in [1.82, 2.24) is 10.3 Å². The van der Waals surface area contributed by atoms with E-state index in [0.717, 1.165) is 11.3 Å². The number of aromatic nitrogens is 1. The van der Waals surface area contributed by atoms with E-state index in [9.17, 15) is 0 Å². The standard InChI is InChI=1S/C17H22N2O/c1-12(2)14-5-7-16(8-6-14)20-17-11-15(9-10-19-17)13(3)18-4/h5-13,18H,1-4H3. The average Bonchev–Trinajstić information content (AvgIpc) is 2.47. The molecule has 0 amide bonds. The molecule has 3 heteroatoms. The Morgan fingerprint density at radius 1 is 1.00 bits per heavy atom. The van der Waals surface area contributed by atoms with Crippen LogP contribution in [0.3, 0.4) is 0 Å². The van der Waals surface area contributed by atoms with E-state index in [4.69, 9.17) is 4.74 Å². The third kappa shape index (κ3) is 3.58. The molecule has 0 saturated heterocycles. The second-order valence-electron chi connectivity index (χ2n) is 5.26. The van der Waals surface area contributed by atoms with Crippen molar-refractivity contribution in [1.29, 1.82) is 0 Å². The molecule has 1 aromatic heterocycles. The molecule has 0 aliphatic rings. The van der Waals surface area contributed by atoms with Crippen LogP contribution in [-0.4, -0.2) is 12.0 Å². The highest BCUT2D eigenvalue weighted by Gasteiger charge is 2.06. The van der Waals surface area contributed by atoms with Crippen molar-refractivity contribution in [3.8, 4) is 11.6 Å². The van der Waals surface area contributed by atoms with Crippen molar-refractivity contribution in [3.63, 3.8) is 0 Å². The largest absolute Gasteiger partial charge is 0.439 e. The van der Waals surface area contributed by atoms with Crippen molar-refractivity contribution in [2.75, 3.05) is 7.05 Å². The number of hydrogen-bond acceptors (Lipinski definition) is 3. The Morgan fingerprint density at radius 3 is 2.30 bits per heavy atom. The van der Waals surface area contributed by atoms with E-state index in [1.165, 1.54) is 5.56 Å². The van der Waals surface area contributed by atoms with Gasteiger partial charge in [-0.25, -0.2) is 4.98 Å². The molecule has 0 saturated carbocycles. The van der Waals surface area contributed by atoms with Gasteiger partial charge in [-0.2, -0.15) is 0 Å². The summed E-state index contributed by atoms with van der Waals surface area (Å²) in [5.74, 6) is 1.97. The predicted octanol–water partition coefficient (Wildman–Crippen LogP) is 4.28. The van der Waals surface area contributed by atoms with Gasteiger partial charge in [0.15, 0.2) is 0 Å².